The van der Waals surface area contributed by atoms with Crippen molar-refractivity contribution < 1.29 is 35.5 Å². The molecule has 4 N–H and O–H groups in total. The highest BCUT2D eigenvalue weighted by molar-refractivity contribution is 8.03. The minimum atomic E-state index is -4.23. The molecule has 0 saturated heterocycles. The molecule has 0 radical (unpaired) electrons. The molecule has 0 aliphatic carbocycles. The Hall–Kier alpha value is -2.44. The first-order valence-corrected chi connectivity index (χ1v) is 19.1. The molecule has 0 aromatic heterocycles. The zero-order valence-corrected chi connectivity index (χ0v) is 28.6. The monoisotopic (exact) mass is 736 g/mol. The molecule has 2 aromatic rings. The number of amides is 2. The molecule has 12 nitrogen and oxygen atoms in total. The van der Waals surface area contributed by atoms with Crippen molar-refractivity contribution in [2.45, 2.75) is 28.5 Å². The topological polar surface area (TPSA) is 173 Å². The molecule has 2 aliphatic rings. The third-order valence-corrected chi connectivity index (χ3v) is 10.8. The van der Waals surface area contributed by atoms with Crippen LogP contribution in [0.15, 0.2) is 68.9 Å². The highest BCUT2D eigenvalue weighted by atomic mass is 35.5. The van der Waals surface area contributed by atoms with Crippen LogP contribution in [0.1, 0.15) is 13.3 Å². The quantitative estimate of drug-likeness (QED) is 0.218. The van der Waals surface area contributed by atoms with Gasteiger partial charge in [0.2, 0.25) is 11.8 Å². The van der Waals surface area contributed by atoms with E-state index >= 15 is 0 Å². The van der Waals surface area contributed by atoms with Crippen molar-refractivity contribution >= 4 is 90.2 Å². The molecule has 1 atom stereocenters. The first-order chi connectivity index (χ1) is 21.1. The molecule has 2 amide bonds. The fraction of sp³-hybridized carbons (Fsp3) is 0.333. The number of nitrogens with one attached hydrogen (secondary N) is 2. The van der Waals surface area contributed by atoms with E-state index in [4.69, 9.17) is 32.3 Å². The minimum absolute atomic E-state index is 0.102. The van der Waals surface area contributed by atoms with Gasteiger partial charge in [0.15, 0.2) is 0 Å². The van der Waals surface area contributed by atoms with E-state index in [9.17, 15) is 26.4 Å². The van der Waals surface area contributed by atoms with Crippen molar-refractivity contribution in [2.75, 3.05) is 47.5 Å². The van der Waals surface area contributed by atoms with Crippen molar-refractivity contribution in [1.29, 1.82) is 0 Å². The lowest BCUT2D eigenvalue weighted by Crippen LogP contribution is -2.41. The van der Waals surface area contributed by atoms with Crippen LogP contribution in [0, 0.1) is 0 Å². The number of thioether (sulfide) groups is 2. The van der Waals surface area contributed by atoms with Crippen molar-refractivity contribution in [3.05, 3.63) is 69.2 Å². The van der Waals surface area contributed by atoms with Gasteiger partial charge in [0.05, 0.1) is 39.8 Å². The fourth-order valence-corrected chi connectivity index (χ4v) is 7.88. The molecule has 0 bridgehead atoms. The molecule has 1 unspecified atom stereocenters. The van der Waals surface area contributed by atoms with Crippen LogP contribution in [0.3, 0.4) is 0 Å². The lowest BCUT2D eigenvalue weighted by molar-refractivity contribution is -0.120. The molecule has 2 aliphatic heterocycles. The molecule has 45 heavy (non-hydrogen) atoms. The van der Waals surface area contributed by atoms with E-state index in [1.54, 1.807) is 29.2 Å². The van der Waals surface area contributed by atoms with Crippen LogP contribution in [0.25, 0.3) is 0 Å². The molecular weight excluding hydrogens is 707 g/mol. The highest BCUT2D eigenvalue weighted by Crippen LogP contribution is 2.48. The molecular formula is C27H30Cl2N4O8S4. The van der Waals surface area contributed by atoms with Crippen LogP contribution in [0.4, 0.5) is 11.4 Å². The predicted molar refractivity (Wildman–Crippen MR) is 178 cm³/mol. The number of carbonyl (C=O) groups is 2. The van der Waals surface area contributed by atoms with Crippen molar-refractivity contribution in [2.24, 2.45) is 0 Å². The SMILES string of the molecule is CCC(/C=C1\Sc2ccc(Cl)cc2N1CC(=O)NCCS(=O)(=O)O)=C\C1Sc2ccc(Cl)cc2N1CC(=O)NCCS(=O)(=O)O. The summed E-state index contributed by atoms with van der Waals surface area (Å²) < 4.78 is 62.2. The Morgan fingerprint density at radius 2 is 1.44 bits per heavy atom. The summed E-state index contributed by atoms with van der Waals surface area (Å²) in [5.41, 5.74) is 2.34. The zero-order chi connectivity index (χ0) is 32.9. The number of fused-ring (bicyclic) bond motifs is 2. The van der Waals surface area contributed by atoms with Gasteiger partial charge < -0.3 is 20.4 Å². The molecule has 0 fully saturated rings. The van der Waals surface area contributed by atoms with E-state index in [2.05, 4.69) is 10.6 Å². The van der Waals surface area contributed by atoms with Crippen LogP contribution < -0.4 is 20.4 Å². The van der Waals surface area contributed by atoms with Gasteiger partial charge in [0.1, 0.15) is 6.54 Å². The van der Waals surface area contributed by atoms with E-state index in [1.165, 1.54) is 23.5 Å². The molecule has 0 saturated carbocycles. The van der Waals surface area contributed by atoms with Gasteiger partial charge in [0, 0.05) is 32.9 Å². The fourth-order valence-electron chi connectivity index (χ4n) is 4.45. The second-order valence-electron chi connectivity index (χ2n) is 9.90. The van der Waals surface area contributed by atoms with Crippen LogP contribution in [-0.4, -0.2) is 80.8 Å². The molecule has 244 valence electrons. The number of hydrogen-bond donors (Lipinski definition) is 4. The number of hydrogen-bond acceptors (Lipinski definition) is 10. The smallest absolute Gasteiger partial charge is 0.266 e. The summed E-state index contributed by atoms with van der Waals surface area (Å²) >= 11 is 15.5. The average Bonchev–Trinajstić information content (AvgIpc) is 3.43. The van der Waals surface area contributed by atoms with Gasteiger partial charge in [-0.3, -0.25) is 18.7 Å². The number of rotatable bonds is 13. The van der Waals surface area contributed by atoms with Crippen molar-refractivity contribution in [1.82, 2.24) is 10.6 Å². The maximum atomic E-state index is 12.8. The number of halogens is 2. The van der Waals surface area contributed by atoms with Crippen LogP contribution in [-0.2, 0) is 29.8 Å². The largest absolute Gasteiger partial charge is 0.353 e. The second kappa shape index (κ2) is 15.0. The van der Waals surface area contributed by atoms with Crippen LogP contribution in [0.5, 0.6) is 0 Å². The van der Waals surface area contributed by atoms with Crippen LogP contribution >= 0.6 is 46.7 Å². The highest BCUT2D eigenvalue weighted by Gasteiger charge is 2.32. The lowest BCUT2D eigenvalue weighted by atomic mass is 10.1. The first kappa shape index (κ1) is 35.4. The number of benzene rings is 2. The standard InChI is InChI=1S/C27H30Cl2N4O8S4/c1-2-17(11-26-32(15-24(34)30-7-9-44(36,37)38)20-13-18(28)3-5-22(20)42-26)12-27-33(16-25(35)31-8-10-45(39,40)41)21-14-19(29)4-6-23(21)43-27/h3-6,11-14,26H,2,7-10,15-16H2,1H3,(H,30,34)(H,31,35)(H,36,37,38)(H,39,40,41)/b17-11+,27-12-. The maximum absolute atomic E-state index is 12.8. The van der Waals surface area contributed by atoms with Crippen molar-refractivity contribution in [3.8, 4) is 0 Å². The van der Waals surface area contributed by atoms with Gasteiger partial charge in [-0.2, -0.15) is 16.8 Å². The summed E-state index contributed by atoms with van der Waals surface area (Å²) in [4.78, 5) is 30.9. The summed E-state index contributed by atoms with van der Waals surface area (Å²) in [6.45, 7) is 1.24. The van der Waals surface area contributed by atoms with Crippen LogP contribution in [0.2, 0.25) is 10.0 Å². The van der Waals surface area contributed by atoms with E-state index in [1.807, 2.05) is 36.1 Å². The van der Waals surface area contributed by atoms with E-state index in [0.717, 1.165) is 26.1 Å². The Kier molecular flexibility index (Phi) is 11.8. The minimum Gasteiger partial charge on any atom is -0.353 e. The van der Waals surface area contributed by atoms with E-state index < -0.39 is 43.6 Å². The summed E-state index contributed by atoms with van der Waals surface area (Å²) in [7, 11) is -8.46. The number of carbonyl (C=O) groups excluding carboxylic acids is 2. The van der Waals surface area contributed by atoms with Gasteiger partial charge in [-0.15, -0.1) is 0 Å². The Morgan fingerprint density at radius 3 is 2.02 bits per heavy atom. The lowest BCUT2D eigenvalue weighted by Gasteiger charge is -2.25. The Morgan fingerprint density at radius 1 is 0.889 bits per heavy atom. The summed E-state index contributed by atoms with van der Waals surface area (Å²) in [6, 6.07) is 10.7. The number of nitrogens with zero attached hydrogens (tertiary/aromatic N) is 2. The normalized spacial score (nSPS) is 17.4. The number of allylic oxidation sites excluding steroid dienone is 2. The molecule has 4 rings (SSSR count). The molecule has 18 heteroatoms. The summed E-state index contributed by atoms with van der Waals surface area (Å²) in [6.07, 6.45) is 4.53. The van der Waals surface area contributed by atoms with Crippen molar-refractivity contribution in [3.63, 3.8) is 0 Å². The van der Waals surface area contributed by atoms with Gasteiger partial charge in [-0.1, -0.05) is 53.6 Å². The predicted octanol–water partition coefficient (Wildman–Crippen LogP) is 4.03. The molecule has 0 spiro atoms. The van der Waals surface area contributed by atoms with Gasteiger partial charge in [0.25, 0.3) is 20.2 Å². The average molecular weight is 738 g/mol. The summed E-state index contributed by atoms with van der Waals surface area (Å²) in [5, 5.41) is 6.38. The molecule has 2 aromatic carbocycles. The third-order valence-electron chi connectivity index (χ3n) is 6.53. The zero-order valence-electron chi connectivity index (χ0n) is 23.8. The Labute approximate surface area is 280 Å². The third kappa shape index (κ3) is 10.3. The molecule has 2 heterocycles. The maximum Gasteiger partial charge on any atom is 0.266 e. The Balaban J connectivity index is 1.59. The van der Waals surface area contributed by atoms with Gasteiger partial charge in [-0.25, -0.2) is 0 Å². The number of anilines is 2. The second-order valence-corrected chi connectivity index (χ2v) is 16.1. The van der Waals surface area contributed by atoms with Gasteiger partial charge in [-0.05, 0) is 60.5 Å². The summed E-state index contributed by atoms with van der Waals surface area (Å²) in [5.74, 6) is -2.10. The van der Waals surface area contributed by atoms with Gasteiger partial charge >= 0.3 is 0 Å². The van der Waals surface area contributed by atoms with E-state index in [-0.39, 0.29) is 31.6 Å². The van der Waals surface area contributed by atoms with E-state index in [0.29, 0.717) is 22.2 Å². The Bertz CT molecular complexity index is 1750. The first-order valence-electron chi connectivity index (χ1n) is 13.5.